The molecule has 9 heteroatoms. The normalized spacial score (nSPS) is 18.1. The molecular formula is C19H16ClFN4O2S. The van der Waals surface area contributed by atoms with Crippen molar-refractivity contribution in [2.75, 3.05) is 4.90 Å². The van der Waals surface area contributed by atoms with Gasteiger partial charge in [-0.1, -0.05) is 35.5 Å². The van der Waals surface area contributed by atoms with E-state index in [1.54, 1.807) is 31.2 Å². The predicted octanol–water partition coefficient (Wildman–Crippen LogP) is 3.58. The van der Waals surface area contributed by atoms with Crippen molar-refractivity contribution in [3.05, 3.63) is 64.9 Å². The van der Waals surface area contributed by atoms with E-state index in [9.17, 15) is 14.0 Å². The molecular weight excluding hydrogens is 403 g/mol. The van der Waals surface area contributed by atoms with Gasteiger partial charge < -0.3 is 5.73 Å². The number of amides is 2. The molecule has 2 aromatic rings. The van der Waals surface area contributed by atoms with Gasteiger partial charge in [-0.15, -0.1) is 5.10 Å². The molecule has 6 nitrogen and oxygen atoms in total. The highest BCUT2D eigenvalue weighted by atomic mass is 35.5. The van der Waals surface area contributed by atoms with E-state index in [-0.39, 0.29) is 17.5 Å². The molecule has 1 atom stereocenters. The molecule has 144 valence electrons. The highest BCUT2D eigenvalue weighted by molar-refractivity contribution is 8.14. The highest BCUT2D eigenvalue weighted by Crippen LogP contribution is 2.29. The second-order valence-electron chi connectivity index (χ2n) is 5.98. The lowest BCUT2D eigenvalue weighted by molar-refractivity contribution is -0.121. The van der Waals surface area contributed by atoms with E-state index >= 15 is 0 Å². The molecule has 0 aliphatic carbocycles. The zero-order valence-corrected chi connectivity index (χ0v) is 16.4. The SMILES string of the molecule is CC(=NN=C(N)SC1CC(=O)N(c2ccc(F)cc2)C1=O)c1ccc(Cl)cc1. The van der Waals surface area contributed by atoms with E-state index < -0.39 is 17.0 Å². The Balaban J connectivity index is 1.69. The van der Waals surface area contributed by atoms with E-state index in [0.29, 0.717) is 16.4 Å². The standard InChI is InChI=1S/C19H16ClFN4O2S/c1-11(12-2-4-13(20)5-3-12)23-24-19(22)28-16-10-17(26)25(18(16)27)15-8-6-14(21)7-9-15/h2-9,16H,10H2,1H3,(H2,22,24). The van der Waals surface area contributed by atoms with Crippen molar-refractivity contribution >= 4 is 51.7 Å². The van der Waals surface area contributed by atoms with Gasteiger partial charge in [0.2, 0.25) is 11.8 Å². The first-order valence-electron chi connectivity index (χ1n) is 8.28. The summed E-state index contributed by atoms with van der Waals surface area (Å²) in [6.07, 6.45) is -0.0169. The number of carbonyl (C=O) groups is 2. The Morgan fingerprint density at radius 2 is 1.79 bits per heavy atom. The molecule has 1 aliphatic heterocycles. The lowest BCUT2D eigenvalue weighted by Crippen LogP contribution is -2.31. The van der Waals surface area contributed by atoms with Gasteiger partial charge in [0.15, 0.2) is 5.17 Å². The summed E-state index contributed by atoms with van der Waals surface area (Å²) in [4.78, 5) is 25.8. The van der Waals surface area contributed by atoms with Gasteiger partial charge in [0.25, 0.3) is 0 Å². The number of thioether (sulfide) groups is 1. The fourth-order valence-electron chi connectivity index (χ4n) is 2.60. The van der Waals surface area contributed by atoms with Crippen LogP contribution in [0.2, 0.25) is 5.02 Å². The van der Waals surface area contributed by atoms with Crippen LogP contribution in [0.1, 0.15) is 18.9 Å². The molecule has 1 saturated heterocycles. The Bertz CT molecular complexity index is 961. The van der Waals surface area contributed by atoms with Crippen molar-refractivity contribution in [3.63, 3.8) is 0 Å². The van der Waals surface area contributed by atoms with Crippen molar-refractivity contribution in [1.29, 1.82) is 0 Å². The van der Waals surface area contributed by atoms with E-state index in [4.69, 9.17) is 17.3 Å². The number of benzene rings is 2. The number of imide groups is 1. The maximum Gasteiger partial charge on any atom is 0.247 e. The lowest BCUT2D eigenvalue weighted by Gasteiger charge is -2.14. The summed E-state index contributed by atoms with van der Waals surface area (Å²) in [5, 5.41) is 7.98. The Morgan fingerprint density at radius 3 is 2.43 bits per heavy atom. The Hall–Kier alpha value is -2.71. The molecule has 0 radical (unpaired) electrons. The highest BCUT2D eigenvalue weighted by Gasteiger charge is 2.40. The summed E-state index contributed by atoms with van der Waals surface area (Å²) < 4.78 is 13.1. The minimum absolute atomic E-state index is 0.0169. The third kappa shape index (κ3) is 4.58. The van der Waals surface area contributed by atoms with Crippen LogP contribution in [0.5, 0.6) is 0 Å². The number of hydrogen-bond donors (Lipinski definition) is 1. The molecule has 3 rings (SSSR count). The summed E-state index contributed by atoms with van der Waals surface area (Å²) in [5.41, 5.74) is 7.66. The number of hydrogen-bond acceptors (Lipinski definition) is 5. The van der Waals surface area contributed by atoms with E-state index in [1.807, 2.05) is 0 Å². The van der Waals surface area contributed by atoms with Crippen molar-refractivity contribution in [1.82, 2.24) is 0 Å². The summed E-state index contributed by atoms with van der Waals surface area (Å²) in [5.74, 6) is -1.24. The number of anilines is 1. The molecule has 1 heterocycles. The van der Waals surface area contributed by atoms with Crippen LogP contribution < -0.4 is 10.6 Å². The number of nitrogens with two attached hydrogens (primary N) is 1. The Morgan fingerprint density at radius 1 is 1.14 bits per heavy atom. The van der Waals surface area contributed by atoms with E-state index in [2.05, 4.69) is 10.2 Å². The van der Waals surface area contributed by atoms with Crippen LogP contribution in [0.3, 0.4) is 0 Å². The molecule has 2 N–H and O–H groups in total. The van der Waals surface area contributed by atoms with Gasteiger partial charge in [-0.3, -0.25) is 9.59 Å². The van der Waals surface area contributed by atoms with Crippen LogP contribution in [0, 0.1) is 5.82 Å². The average molecular weight is 419 g/mol. The summed E-state index contributed by atoms with van der Waals surface area (Å²) in [6, 6.07) is 12.3. The quantitative estimate of drug-likeness (QED) is 0.355. The number of halogens is 2. The van der Waals surface area contributed by atoms with Crippen LogP contribution >= 0.6 is 23.4 Å². The Kier molecular flexibility index (Phi) is 6.11. The number of carbonyl (C=O) groups excluding carboxylic acids is 2. The van der Waals surface area contributed by atoms with Gasteiger partial charge in [-0.2, -0.15) is 5.10 Å². The topological polar surface area (TPSA) is 88.1 Å². The van der Waals surface area contributed by atoms with Gasteiger partial charge in [0.1, 0.15) is 11.1 Å². The second-order valence-corrected chi connectivity index (χ2v) is 7.64. The number of amidine groups is 1. The monoisotopic (exact) mass is 418 g/mol. The predicted molar refractivity (Wildman–Crippen MR) is 110 cm³/mol. The zero-order valence-electron chi connectivity index (χ0n) is 14.8. The van der Waals surface area contributed by atoms with Crippen LogP contribution in [-0.2, 0) is 9.59 Å². The van der Waals surface area contributed by atoms with Gasteiger partial charge in [-0.25, -0.2) is 9.29 Å². The smallest absolute Gasteiger partial charge is 0.247 e. The summed E-state index contributed by atoms with van der Waals surface area (Å²) in [6.45, 7) is 1.77. The van der Waals surface area contributed by atoms with Crippen molar-refractivity contribution in [2.24, 2.45) is 15.9 Å². The fourth-order valence-corrected chi connectivity index (χ4v) is 3.54. The first kappa shape index (κ1) is 20.0. The molecule has 1 unspecified atom stereocenters. The third-order valence-corrected chi connectivity index (χ3v) is 5.24. The minimum Gasteiger partial charge on any atom is -0.377 e. The van der Waals surface area contributed by atoms with Gasteiger partial charge in [-0.05, 0) is 48.9 Å². The maximum absolute atomic E-state index is 13.1. The van der Waals surface area contributed by atoms with Crippen LogP contribution in [0.4, 0.5) is 10.1 Å². The molecule has 1 fully saturated rings. The summed E-state index contributed by atoms with van der Waals surface area (Å²) >= 11 is 6.83. The van der Waals surface area contributed by atoms with Crippen molar-refractivity contribution < 1.29 is 14.0 Å². The molecule has 0 bridgehead atoms. The van der Waals surface area contributed by atoms with Crippen molar-refractivity contribution in [2.45, 2.75) is 18.6 Å². The molecule has 28 heavy (non-hydrogen) atoms. The van der Waals surface area contributed by atoms with Gasteiger partial charge in [0, 0.05) is 11.4 Å². The van der Waals surface area contributed by atoms with E-state index in [1.165, 1.54) is 24.3 Å². The molecule has 0 saturated carbocycles. The first-order valence-corrected chi connectivity index (χ1v) is 9.53. The molecule has 2 amide bonds. The zero-order chi connectivity index (χ0) is 20.3. The molecule has 1 aliphatic rings. The van der Waals surface area contributed by atoms with Crippen LogP contribution in [0.25, 0.3) is 0 Å². The molecule has 0 aromatic heterocycles. The number of rotatable bonds is 4. The second kappa shape index (κ2) is 8.53. The lowest BCUT2D eigenvalue weighted by atomic mass is 10.1. The average Bonchev–Trinajstić information content (AvgIpc) is 2.94. The molecule has 0 spiro atoms. The van der Waals surface area contributed by atoms with E-state index in [0.717, 1.165) is 22.2 Å². The molecule has 2 aromatic carbocycles. The minimum atomic E-state index is -0.702. The van der Waals surface area contributed by atoms with Crippen LogP contribution in [-0.4, -0.2) is 27.9 Å². The fraction of sp³-hybridized carbons (Fsp3) is 0.158. The van der Waals surface area contributed by atoms with Gasteiger partial charge in [0.05, 0.1) is 11.4 Å². The van der Waals surface area contributed by atoms with Crippen molar-refractivity contribution in [3.8, 4) is 0 Å². The third-order valence-electron chi connectivity index (χ3n) is 4.01. The maximum atomic E-state index is 13.1. The first-order chi connectivity index (χ1) is 13.3. The Labute approximate surface area is 170 Å². The van der Waals surface area contributed by atoms with Crippen LogP contribution in [0.15, 0.2) is 58.7 Å². The van der Waals surface area contributed by atoms with Gasteiger partial charge >= 0.3 is 0 Å². The largest absolute Gasteiger partial charge is 0.377 e. The summed E-state index contributed by atoms with van der Waals surface area (Å²) in [7, 11) is 0. The number of nitrogens with zero attached hydrogens (tertiary/aromatic N) is 3.